The summed E-state index contributed by atoms with van der Waals surface area (Å²) in [7, 11) is 2.63. The molecular formula is C20H19N7O8S. The zero-order chi connectivity index (χ0) is 26.8. The van der Waals surface area contributed by atoms with Gasteiger partial charge in [0.05, 0.1) is 47.9 Å². The maximum atomic E-state index is 11.7. The fourth-order valence-electron chi connectivity index (χ4n) is 2.80. The number of carbonyl (C=O) groups is 2. The molecule has 2 aromatic carbocycles. The minimum Gasteiger partial charge on any atom is -0.495 e. The van der Waals surface area contributed by atoms with Crippen LogP contribution in [-0.2, 0) is 14.3 Å². The van der Waals surface area contributed by atoms with Gasteiger partial charge in [-0.15, -0.1) is 10.2 Å². The summed E-state index contributed by atoms with van der Waals surface area (Å²) in [6, 6.07) is 4.57. The Morgan fingerprint density at radius 2 is 1.72 bits per heavy atom. The second kappa shape index (κ2) is 12.6. The van der Waals surface area contributed by atoms with E-state index in [1.807, 2.05) is 0 Å². The Kier molecular flexibility index (Phi) is 9.63. The maximum absolute atomic E-state index is 11.7. The molecular weight excluding hydrogens is 498 g/mol. The van der Waals surface area contributed by atoms with E-state index in [1.54, 1.807) is 0 Å². The van der Waals surface area contributed by atoms with Gasteiger partial charge in [0.15, 0.2) is 10.6 Å². The summed E-state index contributed by atoms with van der Waals surface area (Å²) >= 11 is 0.425. The van der Waals surface area contributed by atoms with Gasteiger partial charge in [0.1, 0.15) is 11.4 Å². The van der Waals surface area contributed by atoms with Gasteiger partial charge in [-0.2, -0.15) is 0 Å². The number of carbonyl (C=O) groups excluding carboxylic acids is 2. The SMILES string of the molecule is [C-]#[N+]Sc1cc(N=Nc2cc(OC)c(NCCC(=O)OC)cc2NC(C)=O)c([N+](=O)[O-])cc1[N+](=O)[O-]. The van der Waals surface area contributed by atoms with Crippen molar-refractivity contribution in [3.05, 3.63) is 55.3 Å². The summed E-state index contributed by atoms with van der Waals surface area (Å²) in [5, 5.41) is 36.2. The monoisotopic (exact) mass is 517 g/mol. The molecule has 0 atom stereocenters. The molecule has 36 heavy (non-hydrogen) atoms. The van der Waals surface area contributed by atoms with Crippen molar-refractivity contribution in [3.63, 3.8) is 0 Å². The molecule has 16 heteroatoms. The molecule has 0 bridgehead atoms. The van der Waals surface area contributed by atoms with Crippen LogP contribution in [0.15, 0.2) is 39.4 Å². The number of hydrogen-bond acceptors (Lipinski definition) is 12. The first kappa shape index (κ1) is 27.5. The topological polar surface area (TPSA) is 192 Å². The second-order valence-electron chi connectivity index (χ2n) is 6.71. The van der Waals surface area contributed by atoms with Gasteiger partial charge in [-0.25, -0.2) is 10.8 Å². The molecule has 0 fully saturated rings. The highest BCUT2D eigenvalue weighted by Gasteiger charge is 2.27. The maximum Gasteiger partial charge on any atom is 0.307 e. The largest absolute Gasteiger partial charge is 0.495 e. The fraction of sp³-hybridized carbons (Fsp3) is 0.250. The van der Waals surface area contributed by atoms with E-state index in [4.69, 9.17) is 11.3 Å². The number of nitrogens with zero attached hydrogens (tertiary/aromatic N) is 5. The number of amides is 1. The average Bonchev–Trinajstić information content (AvgIpc) is 2.82. The van der Waals surface area contributed by atoms with Gasteiger partial charge in [0, 0.05) is 25.6 Å². The first-order valence-electron chi connectivity index (χ1n) is 9.83. The van der Waals surface area contributed by atoms with Crippen molar-refractivity contribution in [3.8, 4) is 5.75 Å². The summed E-state index contributed by atoms with van der Waals surface area (Å²) in [6.45, 7) is 8.40. The molecule has 0 aromatic heterocycles. The zero-order valence-corrected chi connectivity index (χ0v) is 20.0. The highest BCUT2D eigenvalue weighted by molar-refractivity contribution is 8.01. The smallest absolute Gasteiger partial charge is 0.307 e. The first-order valence-corrected chi connectivity index (χ1v) is 10.6. The lowest BCUT2D eigenvalue weighted by atomic mass is 10.2. The number of nitro benzene ring substituents is 2. The molecule has 2 rings (SSSR count). The van der Waals surface area contributed by atoms with Crippen LogP contribution in [0.4, 0.5) is 34.1 Å². The minimum atomic E-state index is -0.864. The van der Waals surface area contributed by atoms with E-state index in [2.05, 4.69) is 29.8 Å². The van der Waals surface area contributed by atoms with E-state index >= 15 is 0 Å². The molecule has 0 aliphatic carbocycles. The van der Waals surface area contributed by atoms with Crippen molar-refractivity contribution >= 4 is 57.9 Å². The second-order valence-corrected chi connectivity index (χ2v) is 7.51. The molecule has 15 nitrogen and oxygen atoms in total. The number of benzene rings is 2. The van der Waals surface area contributed by atoms with E-state index in [0.29, 0.717) is 23.7 Å². The number of nitrogens with one attached hydrogen (secondary N) is 2. The van der Waals surface area contributed by atoms with Crippen LogP contribution in [0.25, 0.3) is 4.25 Å². The summed E-state index contributed by atoms with van der Waals surface area (Å²) in [5.41, 5.74) is -1.05. The molecule has 2 aromatic rings. The summed E-state index contributed by atoms with van der Waals surface area (Å²) < 4.78 is 12.9. The highest BCUT2D eigenvalue weighted by Crippen LogP contribution is 2.42. The number of ether oxygens (including phenoxy) is 2. The molecule has 0 radical (unpaired) electrons. The summed E-state index contributed by atoms with van der Waals surface area (Å²) in [5.74, 6) is -0.631. The zero-order valence-electron chi connectivity index (χ0n) is 19.1. The van der Waals surface area contributed by atoms with Crippen molar-refractivity contribution in [1.82, 2.24) is 0 Å². The predicted molar refractivity (Wildman–Crippen MR) is 129 cm³/mol. The van der Waals surface area contributed by atoms with Gasteiger partial charge in [-0.1, -0.05) is 0 Å². The molecule has 0 saturated heterocycles. The van der Waals surface area contributed by atoms with Crippen LogP contribution >= 0.6 is 11.9 Å². The Bertz CT molecular complexity index is 1280. The summed E-state index contributed by atoms with van der Waals surface area (Å²) in [4.78, 5) is 44.0. The van der Waals surface area contributed by atoms with Gasteiger partial charge in [-0.3, -0.25) is 29.8 Å². The molecule has 0 saturated carbocycles. The lowest BCUT2D eigenvalue weighted by Crippen LogP contribution is -2.11. The van der Waals surface area contributed by atoms with Crippen molar-refractivity contribution in [2.24, 2.45) is 10.2 Å². The molecule has 0 heterocycles. The van der Waals surface area contributed by atoms with E-state index < -0.39 is 33.1 Å². The lowest BCUT2D eigenvalue weighted by molar-refractivity contribution is -0.395. The summed E-state index contributed by atoms with van der Waals surface area (Å²) in [6.07, 6.45) is 0.0609. The lowest BCUT2D eigenvalue weighted by Gasteiger charge is -2.14. The van der Waals surface area contributed by atoms with Crippen molar-refractivity contribution < 1.29 is 28.9 Å². The Hall–Kier alpha value is -4.78. The van der Waals surface area contributed by atoms with Crippen molar-refractivity contribution in [1.29, 1.82) is 0 Å². The van der Waals surface area contributed by atoms with Crippen LogP contribution in [0.3, 0.4) is 0 Å². The molecule has 0 spiro atoms. The minimum absolute atomic E-state index is 0.0487. The Morgan fingerprint density at radius 3 is 2.28 bits per heavy atom. The molecule has 188 valence electrons. The number of nitro groups is 2. The van der Waals surface area contributed by atoms with Gasteiger partial charge in [0.25, 0.3) is 5.69 Å². The van der Waals surface area contributed by atoms with Crippen molar-refractivity contribution in [2.45, 2.75) is 18.2 Å². The number of esters is 1. The van der Waals surface area contributed by atoms with Gasteiger partial charge in [-0.05, 0) is 6.07 Å². The normalized spacial score (nSPS) is 10.4. The van der Waals surface area contributed by atoms with E-state index in [9.17, 15) is 29.8 Å². The third-order valence-corrected chi connectivity index (χ3v) is 4.97. The average molecular weight is 517 g/mol. The first-order chi connectivity index (χ1) is 17.1. The van der Waals surface area contributed by atoms with Crippen molar-refractivity contribution in [2.75, 3.05) is 31.4 Å². The van der Waals surface area contributed by atoms with Crippen LogP contribution in [0, 0.1) is 26.8 Å². The van der Waals surface area contributed by atoms with Gasteiger partial charge in [0.2, 0.25) is 5.91 Å². The van der Waals surface area contributed by atoms with E-state index in [0.717, 1.165) is 6.07 Å². The van der Waals surface area contributed by atoms with Gasteiger partial charge < -0.3 is 20.1 Å². The van der Waals surface area contributed by atoms with Crippen LogP contribution in [0.5, 0.6) is 5.75 Å². The number of rotatable bonds is 11. The number of anilines is 2. The fourth-order valence-corrected chi connectivity index (χ4v) is 3.29. The molecule has 0 aliphatic rings. The molecule has 2 N–H and O–H groups in total. The predicted octanol–water partition coefficient (Wildman–Crippen LogP) is 4.79. The van der Waals surface area contributed by atoms with Crippen LogP contribution in [-0.4, -0.2) is 42.5 Å². The number of hydrogen-bond donors (Lipinski definition) is 2. The molecule has 1 amide bonds. The van der Waals surface area contributed by atoms with Gasteiger partial charge >= 0.3 is 23.6 Å². The number of methoxy groups -OCH3 is 2. The third kappa shape index (κ3) is 7.11. The Labute approximate surface area is 208 Å². The quantitative estimate of drug-likeness (QED) is 0.105. The third-order valence-electron chi connectivity index (χ3n) is 4.36. The van der Waals surface area contributed by atoms with Crippen LogP contribution in [0.1, 0.15) is 13.3 Å². The van der Waals surface area contributed by atoms with E-state index in [1.165, 1.54) is 33.3 Å². The van der Waals surface area contributed by atoms with Crippen LogP contribution in [0.2, 0.25) is 0 Å². The highest BCUT2D eigenvalue weighted by atomic mass is 32.2. The Morgan fingerprint density at radius 1 is 1.06 bits per heavy atom. The standard InChI is InChI=1S/C20H19N7O8S/c1-11(28)23-12-7-15(22-6-5-20(29)35-4)18(34-3)8-13(12)24-25-14-9-19(36-21-2)17(27(32)33)10-16(14)26(30)31/h7-10,22H,5-6H2,1,3-4H3,(H,23,28). The van der Waals surface area contributed by atoms with E-state index in [-0.39, 0.29) is 40.7 Å². The Balaban J connectivity index is 2.56. The molecule has 0 aliphatic heterocycles. The molecule has 0 unspecified atom stereocenters. The number of azo groups is 1. The van der Waals surface area contributed by atoms with Crippen LogP contribution < -0.4 is 15.4 Å².